The van der Waals surface area contributed by atoms with Crippen molar-refractivity contribution in [2.24, 2.45) is 17.8 Å². The average Bonchev–Trinajstić information content (AvgIpc) is 1.99. The highest BCUT2D eigenvalue weighted by molar-refractivity contribution is 7.81. The fourth-order valence-corrected chi connectivity index (χ4v) is 2.20. The third kappa shape index (κ3) is 2.03. The van der Waals surface area contributed by atoms with Crippen LogP contribution in [0.2, 0.25) is 0 Å². The zero-order valence-corrected chi connectivity index (χ0v) is 8.97. The van der Waals surface area contributed by atoms with E-state index in [0.29, 0.717) is 22.9 Å². The first kappa shape index (κ1) is 10.1. The van der Waals surface area contributed by atoms with Gasteiger partial charge in [0.25, 0.3) is 0 Å². The lowest BCUT2D eigenvalue weighted by molar-refractivity contribution is -0.125. The van der Waals surface area contributed by atoms with Gasteiger partial charge in [-0.25, -0.2) is 0 Å². The molecule has 0 radical (unpaired) electrons. The molecule has 0 spiro atoms. The van der Waals surface area contributed by atoms with E-state index in [-0.39, 0.29) is 5.92 Å². The monoisotopic (exact) mass is 186 g/mol. The fraction of sp³-hybridized carbons (Fsp3) is 0.900. The van der Waals surface area contributed by atoms with Gasteiger partial charge in [0.05, 0.1) is 0 Å². The van der Waals surface area contributed by atoms with E-state index >= 15 is 0 Å². The van der Waals surface area contributed by atoms with E-state index < -0.39 is 0 Å². The highest BCUT2D eigenvalue weighted by Crippen LogP contribution is 2.33. The Balaban J connectivity index is 2.59. The van der Waals surface area contributed by atoms with E-state index in [1.54, 1.807) is 0 Å². The molecule has 0 aromatic rings. The van der Waals surface area contributed by atoms with Crippen LogP contribution in [0, 0.1) is 17.8 Å². The molecule has 0 bridgehead atoms. The molecule has 0 saturated heterocycles. The van der Waals surface area contributed by atoms with Crippen molar-refractivity contribution in [2.75, 3.05) is 0 Å². The summed E-state index contributed by atoms with van der Waals surface area (Å²) < 4.78 is 0. The standard InChI is InChI=1S/C10H18OS/c1-6(2)8-4-9(11)7(3)10(12)5-8/h6-8,10,12H,4-5H2,1-3H3. The molecule has 0 aromatic heterocycles. The number of thiol groups is 1. The molecule has 0 aromatic carbocycles. The van der Waals surface area contributed by atoms with Crippen LogP contribution in [0.3, 0.4) is 0 Å². The first-order chi connectivity index (χ1) is 5.52. The predicted molar refractivity (Wildman–Crippen MR) is 54.5 cm³/mol. The van der Waals surface area contributed by atoms with Gasteiger partial charge in [-0.1, -0.05) is 20.8 Å². The van der Waals surface area contributed by atoms with Gasteiger partial charge >= 0.3 is 0 Å². The number of carbonyl (C=O) groups is 1. The van der Waals surface area contributed by atoms with Gasteiger partial charge in [-0.3, -0.25) is 4.79 Å². The molecule has 3 atom stereocenters. The molecular formula is C10H18OS. The van der Waals surface area contributed by atoms with Crippen LogP contribution in [-0.2, 0) is 4.79 Å². The number of rotatable bonds is 1. The highest BCUT2D eigenvalue weighted by atomic mass is 32.1. The quantitative estimate of drug-likeness (QED) is 0.623. The Labute approximate surface area is 80.3 Å². The van der Waals surface area contributed by atoms with Crippen LogP contribution in [-0.4, -0.2) is 11.0 Å². The summed E-state index contributed by atoms with van der Waals surface area (Å²) in [6, 6.07) is 0. The fourth-order valence-electron chi connectivity index (χ4n) is 1.76. The Morgan fingerprint density at radius 2 is 2.08 bits per heavy atom. The third-order valence-corrected chi connectivity index (χ3v) is 3.69. The third-order valence-electron chi connectivity index (χ3n) is 3.04. The molecule has 1 saturated carbocycles. The molecule has 0 aliphatic heterocycles. The lowest BCUT2D eigenvalue weighted by Crippen LogP contribution is -2.33. The molecule has 0 N–H and O–H groups in total. The predicted octanol–water partition coefficient (Wildman–Crippen LogP) is 2.56. The zero-order valence-electron chi connectivity index (χ0n) is 8.08. The largest absolute Gasteiger partial charge is 0.299 e. The molecule has 12 heavy (non-hydrogen) atoms. The summed E-state index contributed by atoms with van der Waals surface area (Å²) in [4.78, 5) is 11.5. The van der Waals surface area contributed by atoms with Crippen LogP contribution < -0.4 is 0 Å². The number of ketones is 1. The summed E-state index contributed by atoms with van der Waals surface area (Å²) in [6.45, 7) is 6.37. The molecular weight excluding hydrogens is 168 g/mol. The minimum atomic E-state index is 0.170. The molecule has 2 heteroatoms. The molecule has 1 aliphatic carbocycles. The molecule has 1 fully saturated rings. The number of hydrogen-bond donors (Lipinski definition) is 1. The zero-order chi connectivity index (χ0) is 9.30. The topological polar surface area (TPSA) is 17.1 Å². The minimum Gasteiger partial charge on any atom is -0.299 e. The lowest BCUT2D eigenvalue weighted by atomic mass is 9.76. The number of carbonyl (C=O) groups excluding carboxylic acids is 1. The highest BCUT2D eigenvalue weighted by Gasteiger charge is 2.32. The maximum atomic E-state index is 11.5. The van der Waals surface area contributed by atoms with Crippen molar-refractivity contribution in [3.63, 3.8) is 0 Å². The summed E-state index contributed by atoms with van der Waals surface area (Å²) in [7, 11) is 0. The molecule has 3 unspecified atom stereocenters. The molecule has 70 valence electrons. The van der Waals surface area contributed by atoms with Crippen LogP contribution in [0.1, 0.15) is 33.6 Å². The summed E-state index contributed by atoms with van der Waals surface area (Å²) in [5.41, 5.74) is 0. The summed E-state index contributed by atoms with van der Waals surface area (Å²) in [6.07, 6.45) is 1.88. The minimum absolute atomic E-state index is 0.170. The normalized spacial score (nSPS) is 37.4. The molecule has 0 amide bonds. The van der Waals surface area contributed by atoms with Crippen molar-refractivity contribution >= 4 is 18.4 Å². The van der Waals surface area contributed by atoms with Crippen molar-refractivity contribution in [3.8, 4) is 0 Å². The molecule has 1 nitrogen and oxygen atoms in total. The van der Waals surface area contributed by atoms with Gasteiger partial charge in [-0.05, 0) is 18.3 Å². The number of Topliss-reactive ketones (excluding diaryl/α,β-unsaturated/α-hetero) is 1. The van der Waals surface area contributed by atoms with E-state index in [9.17, 15) is 4.79 Å². The van der Waals surface area contributed by atoms with E-state index in [1.807, 2.05) is 6.92 Å². The first-order valence-corrected chi connectivity index (χ1v) is 5.24. The Morgan fingerprint density at radius 1 is 1.50 bits per heavy atom. The Kier molecular flexibility index (Phi) is 3.22. The summed E-state index contributed by atoms with van der Waals surface area (Å²) in [5.74, 6) is 1.76. The van der Waals surface area contributed by atoms with E-state index in [2.05, 4.69) is 26.5 Å². The molecule has 1 aliphatic rings. The van der Waals surface area contributed by atoms with E-state index in [4.69, 9.17) is 0 Å². The Morgan fingerprint density at radius 3 is 2.50 bits per heavy atom. The summed E-state index contributed by atoms with van der Waals surface area (Å²) in [5, 5.41) is 0.290. The maximum absolute atomic E-state index is 11.5. The molecule has 0 heterocycles. The second kappa shape index (κ2) is 3.82. The summed E-state index contributed by atoms with van der Waals surface area (Å²) >= 11 is 4.45. The number of hydrogen-bond acceptors (Lipinski definition) is 2. The van der Waals surface area contributed by atoms with Gasteiger partial charge in [0, 0.05) is 17.6 Å². The SMILES string of the molecule is CC(C)C1CC(=O)C(C)C(S)C1. The Bertz CT molecular complexity index is 177. The second-order valence-electron chi connectivity index (χ2n) is 4.27. The van der Waals surface area contributed by atoms with Gasteiger partial charge in [0.2, 0.25) is 0 Å². The van der Waals surface area contributed by atoms with Crippen LogP contribution >= 0.6 is 12.6 Å². The van der Waals surface area contributed by atoms with Crippen LogP contribution in [0.4, 0.5) is 0 Å². The Hall–Kier alpha value is 0.0200. The van der Waals surface area contributed by atoms with Crippen LogP contribution in [0.25, 0.3) is 0 Å². The van der Waals surface area contributed by atoms with Crippen molar-refractivity contribution in [1.82, 2.24) is 0 Å². The van der Waals surface area contributed by atoms with Crippen LogP contribution in [0.5, 0.6) is 0 Å². The van der Waals surface area contributed by atoms with Gasteiger partial charge in [-0.15, -0.1) is 0 Å². The van der Waals surface area contributed by atoms with Crippen molar-refractivity contribution in [1.29, 1.82) is 0 Å². The van der Waals surface area contributed by atoms with Crippen molar-refractivity contribution in [2.45, 2.75) is 38.9 Å². The van der Waals surface area contributed by atoms with Gasteiger partial charge in [0.1, 0.15) is 5.78 Å². The van der Waals surface area contributed by atoms with Crippen molar-refractivity contribution in [3.05, 3.63) is 0 Å². The van der Waals surface area contributed by atoms with Gasteiger partial charge < -0.3 is 0 Å². The van der Waals surface area contributed by atoms with Gasteiger partial charge in [-0.2, -0.15) is 12.6 Å². The van der Waals surface area contributed by atoms with E-state index in [1.165, 1.54) is 0 Å². The van der Waals surface area contributed by atoms with E-state index in [0.717, 1.165) is 12.8 Å². The maximum Gasteiger partial charge on any atom is 0.137 e. The van der Waals surface area contributed by atoms with Crippen LogP contribution in [0.15, 0.2) is 0 Å². The smallest absolute Gasteiger partial charge is 0.137 e. The first-order valence-electron chi connectivity index (χ1n) is 4.73. The second-order valence-corrected chi connectivity index (χ2v) is 4.93. The average molecular weight is 186 g/mol. The molecule has 1 rings (SSSR count). The van der Waals surface area contributed by atoms with Gasteiger partial charge in [0.15, 0.2) is 0 Å². The van der Waals surface area contributed by atoms with Crippen molar-refractivity contribution < 1.29 is 4.79 Å². The lowest BCUT2D eigenvalue weighted by Gasteiger charge is -2.32.